The smallest absolute Gasteiger partial charge is 0.211 e. The molecular formula is C22H32FN3O2S2. The molecule has 1 heterocycles. The highest BCUT2D eigenvalue weighted by atomic mass is 32.2. The van der Waals surface area contributed by atoms with Crippen molar-refractivity contribution in [2.45, 2.75) is 69.1 Å². The average Bonchev–Trinajstić information content (AvgIpc) is 3.41. The van der Waals surface area contributed by atoms with Crippen LogP contribution in [0.1, 0.15) is 59.4 Å². The Kier molecular flexibility index (Phi) is 8.87. The molecule has 1 amide bonds. The van der Waals surface area contributed by atoms with Crippen molar-refractivity contribution in [1.29, 1.82) is 0 Å². The van der Waals surface area contributed by atoms with Crippen molar-refractivity contribution in [3.63, 3.8) is 0 Å². The topological polar surface area (TPSA) is 101 Å². The van der Waals surface area contributed by atoms with Crippen LogP contribution in [-0.4, -0.2) is 18.6 Å². The molecule has 0 fully saturated rings. The Morgan fingerprint density at radius 3 is 2.07 bits per heavy atom. The molecule has 0 spiro atoms. The van der Waals surface area contributed by atoms with Crippen LogP contribution in [0.25, 0.3) is 0 Å². The maximum Gasteiger partial charge on any atom is 0.211 e. The van der Waals surface area contributed by atoms with Gasteiger partial charge in [0.2, 0.25) is 6.41 Å². The zero-order valence-corrected chi connectivity index (χ0v) is 19.7. The first-order valence-electron chi connectivity index (χ1n) is 10.1. The minimum absolute atomic E-state index is 0.352. The fraction of sp³-hybridized carbons (Fsp3) is 0.500. The highest BCUT2D eigenvalue weighted by molar-refractivity contribution is 7.99. The van der Waals surface area contributed by atoms with Crippen LogP contribution in [0.4, 0.5) is 10.1 Å². The number of aryl methyl sites for hydroxylation is 3. The number of halogens is 1. The maximum atomic E-state index is 13.5. The second kappa shape index (κ2) is 10.7. The van der Waals surface area contributed by atoms with Gasteiger partial charge in [-0.25, -0.2) is 4.39 Å². The number of thiophene rings is 1. The monoisotopic (exact) mass is 453 g/mol. The lowest BCUT2D eigenvalue weighted by Gasteiger charge is -2.17. The predicted molar refractivity (Wildman–Crippen MR) is 125 cm³/mol. The number of benzene rings is 1. The molecule has 0 saturated carbocycles. The van der Waals surface area contributed by atoms with Gasteiger partial charge in [0.25, 0.3) is 0 Å². The van der Waals surface area contributed by atoms with Crippen LogP contribution in [0, 0.1) is 12.7 Å². The Bertz CT molecular complexity index is 859. The zero-order valence-electron chi connectivity index (χ0n) is 18.1. The molecule has 2 aromatic rings. The zero-order chi connectivity index (χ0) is 22.5. The van der Waals surface area contributed by atoms with Gasteiger partial charge in [0.15, 0.2) is 5.82 Å². The summed E-state index contributed by atoms with van der Waals surface area (Å²) in [6.45, 7) is 4.91. The molecule has 1 aromatic carbocycles. The number of amides is 1. The summed E-state index contributed by atoms with van der Waals surface area (Å²) in [5.41, 5.74) is 10.6. The third-order valence-electron chi connectivity index (χ3n) is 5.39. The first-order chi connectivity index (χ1) is 14.3. The van der Waals surface area contributed by atoms with Gasteiger partial charge in [0, 0.05) is 16.1 Å². The minimum atomic E-state index is -1.14. The van der Waals surface area contributed by atoms with Crippen LogP contribution in [-0.2, 0) is 36.1 Å². The van der Waals surface area contributed by atoms with Crippen molar-refractivity contribution in [2.75, 3.05) is 12.4 Å². The lowest BCUT2D eigenvalue weighted by Crippen LogP contribution is -2.17. The molecule has 4 rings (SSSR count). The van der Waals surface area contributed by atoms with Gasteiger partial charge in [-0.05, 0) is 101 Å². The van der Waals surface area contributed by atoms with Crippen molar-refractivity contribution in [2.24, 2.45) is 10.9 Å². The summed E-state index contributed by atoms with van der Waals surface area (Å²) in [6, 6.07) is 2.38. The van der Waals surface area contributed by atoms with E-state index < -0.39 is 5.60 Å². The van der Waals surface area contributed by atoms with E-state index in [1.165, 1.54) is 66.3 Å². The standard InChI is InChI=1S/C13H15NO.C8H12FNOS2.CH5N/c15-8-14-13-11-5-1-3-9(11)7-10-4-2-6-12(10)13;1-4-5(8(2,3)11)6(9)7(12-4)13-10;1-2/h7-8H,1-6H2,(H,14,15);11H,10H2,1-3H3;2H2,1H3. The van der Waals surface area contributed by atoms with Gasteiger partial charge in [-0.2, -0.15) is 0 Å². The molecule has 30 heavy (non-hydrogen) atoms. The summed E-state index contributed by atoms with van der Waals surface area (Å²) >= 11 is 2.15. The van der Waals surface area contributed by atoms with Gasteiger partial charge in [-0.1, -0.05) is 6.07 Å². The van der Waals surface area contributed by atoms with Gasteiger partial charge in [0.1, 0.15) is 4.21 Å². The summed E-state index contributed by atoms with van der Waals surface area (Å²) in [6.07, 6.45) is 7.97. The Hall–Kier alpha value is -1.45. The van der Waals surface area contributed by atoms with Gasteiger partial charge in [-0.15, -0.1) is 11.3 Å². The first-order valence-corrected chi connectivity index (χ1v) is 11.8. The highest BCUT2D eigenvalue weighted by Gasteiger charge is 2.27. The molecule has 0 radical (unpaired) electrons. The minimum Gasteiger partial charge on any atom is -0.386 e. The molecule has 0 bridgehead atoms. The van der Waals surface area contributed by atoms with Crippen molar-refractivity contribution < 1.29 is 14.3 Å². The van der Waals surface area contributed by atoms with E-state index in [2.05, 4.69) is 17.1 Å². The van der Waals surface area contributed by atoms with Crippen molar-refractivity contribution in [3.8, 4) is 0 Å². The van der Waals surface area contributed by atoms with E-state index in [4.69, 9.17) is 5.14 Å². The van der Waals surface area contributed by atoms with E-state index in [0.29, 0.717) is 9.77 Å². The van der Waals surface area contributed by atoms with Crippen LogP contribution in [0.15, 0.2) is 10.3 Å². The Balaban J connectivity index is 0.000000200. The maximum absolute atomic E-state index is 13.5. The summed E-state index contributed by atoms with van der Waals surface area (Å²) in [5, 5.41) is 17.9. The second-order valence-electron chi connectivity index (χ2n) is 7.81. The molecule has 0 unspecified atom stereocenters. The molecule has 1 aromatic heterocycles. The summed E-state index contributed by atoms with van der Waals surface area (Å²) in [4.78, 5) is 11.4. The van der Waals surface area contributed by atoms with E-state index in [1.54, 1.807) is 20.8 Å². The summed E-state index contributed by atoms with van der Waals surface area (Å²) in [7, 11) is 1.50. The number of hydrogen-bond acceptors (Lipinski definition) is 6. The number of fused-ring (bicyclic) bond motifs is 2. The van der Waals surface area contributed by atoms with E-state index in [1.807, 2.05) is 0 Å². The first kappa shape index (κ1) is 24.8. The molecule has 0 atom stereocenters. The molecule has 0 saturated heterocycles. The van der Waals surface area contributed by atoms with E-state index >= 15 is 0 Å². The summed E-state index contributed by atoms with van der Waals surface area (Å²) < 4.78 is 14.0. The lowest BCUT2D eigenvalue weighted by molar-refractivity contribution is -0.105. The van der Waals surface area contributed by atoms with Crippen LogP contribution >= 0.6 is 23.3 Å². The third kappa shape index (κ3) is 5.23. The second-order valence-corrected chi connectivity index (χ2v) is 9.93. The summed E-state index contributed by atoms with van der Waals surface area (Å²) in [5.74, 6) is -0.387. The average molecular weight is 454 g/mol. The van der Waals surface area contributed by atoms with Crippen molar-refractivity contribution in [3.05, 3.63) is 44.6 Å². The van der Waals surface area contributed by atoms with E-state index in [9.17, 15) is 14.3 Å². The quantitative estimate of drug-likeness (QED) is 0.411. The fourth-order valence-corrected chi connectivity index (χ4v) is 6.00. The third-order valence-corrected chi connectivity index (χ3v) is 7.20. The predicted octanol–water partition coefficient (Wildman–Crippen LogP) is 4.20. The number of anilines is 1. The highest BCUT2D eigenvalue weighted by Crippen LogP contribution is 2.39. The van der Waals surface area contributed by atoms with Crippen LogP contribution in [0.5, 0.6) is 0 Å². The van der Waals surface area contributed by atoms with Crippen LogP contribution < -0.4 is 16.2 Å². The van der Waals surface area contributed by atoms with Crippen molar-refractivity contribution in [1.82, 2.24) is 0 Å². The SMILES string of the molecule is CN.Cc1sc(SN)c(F)c1C(C)(C)O.O=CNc1c2c(cc3c1CCC3)CCC2. The molecule has 166 valence electrons. The number of nitrogens with two attached hydrogens (primary N) is 2. The number of nitrogens with one attached hydrogen (secondary N) is 1. The molecule has 6 N–H and O–H groups in total. The molecule has 2 aliphatic carbocycles. The molecular weight excluding hydrogens is 421 g/mol. The molecule has 5 nitrogen and oxygen atoms in total. The van der Waals surface area contributed by atoms with Gasteiger partial charge in [-0.3, -0.25) is 9.93 Å². The molecule has 0 aliphatic heterocycles. The fourth-order valence-electron chi connectivity index (χ4n) is 4.32. The van der Waals surface area contributed by atoms with Crippen molar-refractivity contribution >= 4 is 35.4 Å². The number of carbonyl (C=O) groups is 1. The Morgan fingerprint density at radius 1 is 1.17 bits per heavy atom. The van der Waals surface area contributed by atoms with Crippen LogP contribution in [0.3, 0.4) is 0 Å². The normalized spacial score (nSPS) is 14.1. The molecule has 8 heteroatoms. The van der Waals surface area contributed by atoms with Gasteiger partial charge >= 0.3 is 0 Å². The Morgan fingerprint density at radius 2 is 1.70 bits per heavy atom. The number of rotatable bonds is 4. The Labute approximate surface area is 186 Å². The van der Waals surface area contributed by atoms with E-state index in [0.717, 1.165) is 41.8 Å². The lowest BCUT2D eigenvalue weighted by atomic mass is 9.99. The van der Waals surface area contributed by atoms with E-state index in [-0.39, 0.29) is 5.82 Å². The number of carbonyl (C=O) groups excluding carboxylic acids is 1. The van der Waals surface area contributed by atoms with Gasteiger partial charge in [0.05, 0.1) is 5.60 Å². The largest absolute Gasteiger partial charge is 0.386 e. The van der Waals surface area contributed by atoms with Crippen LogP contribution in [0.2, 0.25) is 0 Å². The number of hydrogen-bond donors (Lipinski definition) is 4. The molecule has 2 aliphatic rings. The van der Waals surface area contributed by atoms with Gasteiger partial charge < -0.3 is 16.2 Å². The number of aliphatic hydroxyl groups is 1.